The summed E-state index contributed by atoms with van der Waals surface area (Å²) in [4.78, 5) is 4.14. The highest BCUT2D eigenvalue weighted by atomic mass is 15.3. The van der Waals surface area contributed by atoms with Crippen LogP contribution in [0.25, 0.3) is 0 Å². The quantitative estimate of drug-likeness (QED) is 0.714. The van der Waals surface area contributed by atoms with E-state index in [1.807, 2.05) is 31.2 Å². The minimum Gasteiger partial charge on any atom is -0.309 e. The zero-order chi connectivity index (χ0) is 11.4. The zero-order valence-electron chi connectivity index (χ0n) is 9.59. The van der Waals surface area contributed by atoms with Crippen molar-refractivity contribution in [2.75, 3.05) is 6.54 Å². The number of hydrogen-bond donors (Lipinski definition) is 1. The van der Waals surface area contributed by atoms with E-state index < -0.39 is 0 Å². The third-order valence-electron chi connectivity index (χ3n) is 2.28. The minimum absolute atomic E-state index is 0.709. The smallest absolute Gasteiger partial charge is 0.164 e. The first-order valence-electron chi connectivity index (χ1n) is 5.27. The van der Waals surface area contributed by atoms with Crippen LogP contribution >= 0.6 is 0 Å². The van der Waals surface area contributed by atoms with Gasteiger partial charge in [-0.2, -0.15) is 10.2 Å². The lowest BCUT2D eigenvalue weighted by Gasteiger charge is -1.99. The van der Waals surface area contributed by atoms with Gasteiger partial charge in [-0.3, -0.25) is 9.36 Å². The van der Waals surface area contributed by atoms with Crippen molar-refractivity contribution in [2.24, 2.45) is 14.1 Å². The van der Waals surface area contributed by atoms with Crippen LogP contribution in [0.1, 0.15) is 11.4 Å². The molecule has 2 rings (SSSR count). The average molecular weight is 220 g/mol. The summed E-state index contributed by atoms with van der Waals surface area (Å²) in [6.07, 6.45) is 6.60. The fourth-order valence-corrected chi connectivity index (χ4v) is 1.50. The van der Waals surface area contributed by atoms with Crippen molar-refractivity contribution in [2.45, 2.75) is 13.0 Å². The molecule has 0 aliphatic rings. The Morgan fingerprint density at radius 1 is 1.31 bits per heavy atom. The third kappa shape index (κ3) is 2.90. The highest BCUT2D eigenvalue weighted by Gasteiger charge is 1.99. The highest BCUT2D eigenvalue weighted by molar-refractivity contribution is 5.03. The Labute approximate surface area is 94.3 Å². The van der Waals surface area contributed by atoms with Crippen LogP contribution < -0.4 is 5.32 Å². The monoisotopic (exact) mass is 220 g/mol. The van der Waals surface area contributed by atoms with Crippen molar-refractivity contribution in [3.63, 3.8) is 0 Å². The summed E-state index contributed by atoms with van der Waals surface area (Å²) in [6, 6.07) is 0. The Hall–Kier alpha value is -1.69. The summed E-state index contributed by atoms with van der Waals surface area (Å²) >= 11 is 0. The molecule has 0 amide bonds. The van der Waals surface area contributed by atoms with Crippen molar-refractivity contribution in [1.29, 1.82) is 0 Å². The summed E-state index contributed by atoms with van der Waals surface area (Å²) in [7, 11) is 3.79. The zero-order valence-corrected chi connectivity index (χ0v) is 9.59. The van der Waals surface area contributed by atoms with Gasteiger partial charge in [-0.1, -0.05) is 0 Å². The Bertz CT molecular complexity index is 401. The molecule has 86 valence electrons. The Morgan fingerprint density at radius 3 is 2.81 bits per heavy atom. The van der Waals surface area contributed by atoms with E-state index in [4.69, 9.17) is 0 Å². The fraction of sp³-hybridized carbons (Fsp3) is 0.500. The van der Waals surface area contributed by atoms with Gasteiger partial charge in [-0.25, -0.2) is 4.98 Å². The van der Waals surface area contributed by atoms with Gasteiger partial charge in [0.15, 0.2) is 5.82 Å². The van der Waals surface area contributed by atoms with Crippen LogP contribution in [0.2, 0.25) is 0 Å². The number of nitrogens with zero attached hydrogens (tertiary/aromatic N) is 5. The summed E-state index contributed by atoms with van der Waals surface area (Å²) in [6.45, 7) is 1.62. The molecule has 0 saturated carbocycles. The summed E-state index contributed by atoms with van der Waals surface area (Å²) in [5, 5.41) is 11.6. The van der Waals surface area contributed by atoms with Gasteiger partial charge < -0.3 is 5.32 Å². The maximum Gasteiger partial charge on any atom is 0.164 e. The van der Waals surface area contributed by atoms with Crippen LogP contribution in [0.4, 0.5) is 0 Å². The number of aromatic nitrogens is 5. The number of aryl methyl sites for hydroxylation is 2. The van der Waals surface area contributed by atoms with Crippen LogP contribution in [0.5, 0.6) is 0 Å². The van der Waals surface area contributed by atoms with Gasteiger partial charge in [0.1, 0.15) is 6.33 Å². The van der Waals surface area contributed by atoms with E-state index >= 15 is 0 Å². The SMILES string of the molecule is Cn1cc(CCNCc2ncn(C)n2)cn1. The van der Waals surface area contributed by atoms with Crippen LogP contribution in [0.3, 0.4) is 0 Å². The van der Waals surface area contributed by atoms with E-state index in [-0.39, 0.29) is 0 Å². The molecule has 6 nitrogen and oxygen atoms in total. The first-order chi connectivity index (χ1) is 7.74. The van der Waals surface area contributed by atoms with Crippen molar-refractivity contribution in [3.05, 3.63) is 30.1 Å². The van der Waals surface area contributed by atoms with E-state index in [0.29, 0.717) is 6.54 Å². The molecule has 0 unspecified atom stereocenters. The summed E-state index contributed by atoms with van der Waals surface area (Å²) < 4.78 is 3.52. The van der Waals surface area contributed by atoms with E-state index in [0.717, 1.165) is 18.8 Å². The Balaban J connectivity index is 1.69. The maximum absolute atomic E-state index is 4.19. The van der Waals surface area contributed by atoms with E-state index in [1.54, 1.807) is 11.0 Å². The number of nitrogens with one attached hydrogen (secondary N) is 1. The van der Waals surface area contributed by atoms with Crippen LogP contribution in [-0.4, -0.2) is 31.1 Å². The van der Waals surface area contributed by atoms with Crippen molar-refractivity contribution >= 4 is 0 Å². The molecule has 0 bridgehead atoms. The molecule has 0 spiro atoms. The second-order valence-electron chi connectivity index (χ2n) is 3.78. The molecule has 2 aromatic rings. The average Bonchev–Trinajstić information content (AvgIpc) is 2.83. The molecule has 0 aromatic carbocycles. The van der Waals surface area contributed by atoms with Gasteiger partial charge in [0.25, 0.3) is 0 Å². The predicted octanol–water partition coefficient (Wildman–Crippen LogP) is -0.119. The molecule has 0 saturated heterocycles. The lowest BCUT2D eigenvalue weighted by molar-refractivity contribution is 0.647. The predicted molar refractivity (Wildman–Crippen MR) is 59.6 cm³/mol. The molecular weight excluding hydrogens is 204 g/mol. The second kappa shape index (κ2) is 4.89. The molecule has 2 heterocycles. The molecule has 0 aliphatic carbocycles. The topological polar surface area (TPSA) is 60.6 Å². The van der Waals surface area contributed by atoms with Gasteiger partial charge in [-0.15, -0.1) is 0 Å². The maximum atomic E-state index is 4.19. The van der Waals surface area contributed by atoms with Crippen molar-refractivity contribution in [1.82, 2.24) is 29.9 Å². The normalized spacial score (nSPS) is 10.9. The number of hydrogen-bond acceptors (Lipinski definition) is 4. The molecule has 0 fully saturated rings. The standard InChI is InChI=1S/C10H16N6/c1-15-7-9(5-13-15)3-4-11-6-10-12-8-16(2)14-10/h5,7-8,11H,3-4,6H2,1-2H3. The van der Waals surface area contributed by atoms with Gasteiger partial charge in [0.2, 0.25) is 0 Å². The van der Waals surface area contributed by atoms with E-state index in [9.17, 15) is 0 Å². The Kier molecular flexibility index (Phi) is 3.31. The third-order valence-corrected chi connectivity index (χ3v) is 2.28. The first kappa shape index (κ1) is 10.8. The van der Waals surface area contributed by atoms with E-state index in [2.05, 4.69) is 20.5 Å². The molecule has 0 aliphatic heterocycles. The van der Waals surface area contributed by atoms with E-state index in [1.165, 1.54) is 5.56 Å². The van der Waals surface area contributed by atoms with Crippen molar-refractivity contribution in [3.8, 4) is 0 Å². The minimum atomic E-state index is 0.709. The molecule has 1 N–H and O–H groups in total. The van der Waals surface area contributed by atoms with Gasteiger partial charge >= 0.3 is 0 Å². The van der Waals surface area contributed by atoms with Crippen LogP contribution in [-0.2, 0) is 27.1 Å². The lowest BCUT2D eigenvalue weighted by atomic mass is 10.2. The van der Waals surface area contributed by atoms with Crippen LogP contribution in [0, 0.1) is 0 Å². The largest absolute Gasteiger partial charge is 0.309 e. The highest BCUT2D eigenvalue weighted by Crippen LogP contribution is 1.96. The summed E-state index contributed by atoms with van der Waals surface area (Å²) in [5.41, 5.74) is 1.24. The molecule has 6 heteroatoms. The Morgan fingerprint density at radius 2 is 2.19 bits per heavy atom. The fourth-order valence-electron chi connectivity index (χ4n) is 1.50. The van der Waals surface area contributed by atoms with Gasteiger partial charge in [0.05, 0.1) is 12.7 Å². The molecule has 2 aromatic heterocycles. The summed E-state index contributed by atoms with van der Waals surface area (Å²) in [5.74, 6) is 0.827. The number of rotatable bonds is 5. The molecule has 0 atom stereocenters. The van der Waals surface area contributed by atoms with Crippen molar-refractivity contribution < 1.29 is 0 Å². The van der Waals surface area contributed by atoms with Gasteiger partial charge in [0, 0.05) is 20.3 Å². The first-order valence-corrected chi connectivity index (χ1v) is 5.27. The molecule has 0 radical (unpaired) electrons. The molecule has 16 heavy (non-hydrogen) atoms. The van der Waals surface area contributed by atoms with Crippen LogP contribution in [0.15, 0.2) is 18.7 Å². The lowest BCUT2D eigenvalue weighted by Crippen LogP contribution is -2.17. The molecular formula is C10H16N6. The second-order valence-corrected chi connectivity index (χ2v) is 3.78. The van der Waals surface area contributed by atoms with Gasteiger partial charge in [-0.05, 0) is 18.5 Å².